The Hall–Kier alpha value is -1.78. The summed E-state index contributed by atoms with van der Waals surface area (Å²) in [4.78, 5) is 26.0. The van der Waals surface area contributed by atoms with E-state index in [-0.39, 0.29) is 11.9 Å². The van der Waals surface area contributed by atoms with Gasteiger partial charge >= 0.3 is 5.97 Å². The maximum atomic E-state index is 11.9. The molecule has 1 heterocycles. The second-order valence-corrected chi connectivity index (χ2v) is 4.75. The number of carbonyl (C=O) groups is 2. The van der Waals surface area contributed by atoms with Crippen LogP contribution in [-0.2, 0) is 4.79 Å². The lowest BCUT2D eigenvalue weighted by atomic mass is 9.95. The van der Waals surface area contributed by atoms with E-state index in [1.54, 1.807) is 18.3 Å². The summed E-state index contributed by atoms with van der Waals surface area (Å²) in [5, 5.41) is 12.1. The van der Waals surface area contributed by atoms with Crippen molar-refractivity contribution in [1.82, 2.24) is 10.3 Å². The lowest BCUT2D eigenvalue weighted by molar-refractivity contribution is -0.142. The molecule has 0 bridgehead atoms. The Kier molecular flexibility index (Phi) is 4.02. The molecule has 0 radical (unpaired) electrons. The number of aliphatic carboxylic acids is 1. The molecule has 1 fully saturated rings. The van der Waals surface area contributed by atoms with Crippen LogP contribution in [0, 0.1) is 5.92 Å². The predicted molar refractivity (Wildman–Crippen MR) is 66.3 cm³/mol. The van der Waals surface area contributed by atoms with Gasteiger partial charge in [0.1, 0.15) is 5.69 Å². The Morgan fingerprint density at radius 1 is 1.28 bits per heavy atom. The Morgan fingerprint density at radius 3 is 2.72 bits per heavy atom. The molecule has 5 heteroatoms. The number of carboxylic acids is 1. The highest BCUT2D eigenvalue weighted by Crippen LogP contribution is 2.24. The SMILES string of the molecule is O=C(N[C@H]1CCCCC[C@H]1C(=O)O)c1ccc[nH]1. The molecule has 1 aliphatic rings. The molecule has 3 N–H and O–H groups in total. The van der Waals surface area contributed by atoms with Gasteiger partial charge in [-0.05, 0) is 25.0 Å². The lowest BCUT2D eigenvalue weighted by Crippen LogP contribution is -2.42. The van der Waals surface area contributed by atoms with Crippen LogP contribution in [-0.4, -0.2) is 28.0 Å². The summed E-state index contributed by atoms with van der Waals surface area (Å²) in [7, 11) is 0. The molecule has 0 aromatic carbocycles. The Morgan fingerprint density at radius 2 is 2.06 bits per heavy atom. The maximum Gasteiger partial charge on any atom is 0.308 e. The second-order valence-electron chi connectivity index (χ2n) is 4.75. The van der Waals surface area contributed by atoms with Crippen LogP contribution in [0.15, 0.2) is 18.3 Å². The number of hydrogen-bond donors (Lipinski definition) is 3. The standard InChI is InChI=1S/C13H18N2O3/c16-12(11-7-4-8-14-11)15-10-6-3-1-2-5-9(10)13(17)18/h4,7-10,14H,1-3,5-6H2,(H,15,16)(H,17,18)/t9-,10+/m1/s1. The van der Waals surface area contributed by atoms with Gasteiger partial charge in [-0.2, -0.15) is 0 Å². The normalized spacial score (nSPS) is 24.2. The summed E-state index contributed by atoms with van der Waals surface area (Å²) in [6, 6.07) is 3.17. The molecule has 0 unspecified atom stereocenters. The van der Waals surface area contributed by atoms with E-state index in [0.717, 1.165) is 25.7 Å². The minimum Gasteiger partial charge on any atom is -0.481 e. The third-order valence-corrected chi connectivity index (χ3v) is 3.49. The molecule has 18 heavy (non-hydrogen) atoms. The number of aromatic amines is 1. The zero-order valence-corrected chi connectivity index (χ0v) is 10.2. The molecule has 1 saturated carbocycles. The number of carboxylic acid groups (broad SMARTS) is 1. The van der Waals surface area contributed by atoms with Gasteiger partial charge in [-0.15, -0.1) is 0 Å². The number of aromatic nitrogens is 1. The van der Waals surface area contributed by atoms with Crippen LogP contribution < -0.4 is 5.32 Å². The summed E-state index contributed by atoms with van der Waals surface area (Å²) in [6.07, 6.45) is 6.00. The van der Waals surface area contributed by atoms with Crippen molar-refractivity contribution in [2.75, 3.05) is 0 Å². The molecule has 1 amide bonds. The van der Waals surface area contributed by atoms with E-state index >= 15 is 0 Å². The molecule has 0 spiro atoms. The first kappa shape index (κ1) is 12.7. The zero-order chi connectivity index (χ0) is 13.0. The lowest BCUT2D eigenvalue weighted by Gasteiger charge is -2.22. The van der Waals surface area contributed by atoms with Gasteiger partial charge in [-0.1, -0.05) is 19.3 Å². The fourth-order valence-electron chi connectivity index (χ4n) is 2.49. The van der Waals surface area contributed by atoms with Crippen molar-refractivity contribution in [2.24, 2.45) is 5.92 Å². The van der Waals surface area contributed by atoms with Crippen LogP contribution in [0.1, 0.15) is 42.6 Å². The molecule has 2 atom stereocenters. The molecule has 1 aromatic heterocycles. The van der Waals surface area contributed by atoms with Gasteiger partial charge in [-0.25, -0.2) is 0 Å². The molecule has 1 aromatic rings. The first-order valence-corrected chi connectivity index (χ1v) is 6.35. The van der Waals surface area contributed by atoms with E-state index in [2.05, 4.69) is 10.3 Å². The number of hydrogen-bond acceptors (Lipinski definition) is 2. The van der Waals surface area contributed by atoms with E-state index in [1.165, 1.54) is 0 Å². The minimum absolute atomic E-state index is 0.224. The van der Waals surface area contributed by atoms with E-state index < -0.39 is 11.9 Å². The number of amides is 1. The Balaban J connectivity index is 2.04. The highest BCUT2D eigenvalue weighted by Gasteiger charge is 2.30. The zero-order valence-electron chi connectivity index (χ0n) is 10.2. The fraction of sp³-hybridized carbons (Fsp3) is 0.538. The van der Waals surface area contributed by atoms with Gasteiger partial charge in [0.05, 0.1) is 5.92 Å². The number of nitrogens with one attached hydrogen (secondary N) is 2. The molecule has 0 aliphatic heterocycles. The van der Waals surface area contributed by atoms with Crippen molar-refractivity contribution >= 4 is 11.9 Å². The summed E-state index contributed by atoms with van der Waals surface area (Å²) in [5.41, 5.74) is 0.475. The van der Waals surface area contributed by atoms with Crippen LogP contribution in [0.25, 0.3) is 0 Å². The van der Waals surface area contributed by atoms with Crippen LogP contribution >= 0.6 is 0 Å². The van der Waals surface area contributed by atoms with Crippen LogP contribution in [0.3, 0.4) is 0 Å². The number of carbonyl (C=O) groups excluding carboxylic acids is 1. The average molecular weight is 250 g/mol. The summed E-state index contributed by atoms with van der Waals surface area (Å²) in [5.74, 6) is -1.50. The first-order valence-electron chi connectivity index (χ1n) is 6.35. The summed E-state index contributed by atoms with van der Waals surface area (Å²) in [6.45, 7) is 0. The molecule has 2 rings (SSSR count). The van der Waals surface area contributed by atoms with Gasteiger partial charge < -0.3 is 15.4 Å². The van der Waals surface area contributed by atoms with Crippen molar-refractivity contribution in [3.63, 3.8) is 0 Å². The van der Waals surface area contributed by atoms with Gasteiger partial charge in [-0.3, -0.25) is 9.59 Å². The summed E-state index contributed by atoms with van der Waals surface area (Å²) >= 11 is 0. The van der Waals surface area contributed by atoms with Crippen LogP contribution in [0.5, 0.6) is 0 Å². The molecular formula is C13H18N2O3. The first-order chi connectivity index (χ1) is 8.68. The molecular weight excluding hydrogens is 232 g/mol. The number of rotatable bonds is 3. The van der Waals surface area contributed by atoms with Gasteiger partial charge in [0.15, 0.2) is 0 Å². The smallest absolute Gasteiger partial charge is 0.308 e. The second kappa shape index (κ2) is 5.71. The quantitative estimate of drug-likeness (QED) is 0.715. The third kappa shape index (κ3) is 2.91. The van der Waals surface area contributed by atoms with Crippen molar-refractivity contribution in [3.8, 4) is 0 Å². The van der Waals surface area contributed by atoms with E-state index in [9.17, 15) is 14.7 Å². The van der Waals surface area contributed by atoms with Crippen molar-refractivity contribution in [2.45, 2.75) is 38.1 Å². The van der Waals surface area contributed by atoms with Crippen molar-refractivity contribution in [1.29, 1.82) is 0 Å². The Bertz CT molecular complexity index is 414. The predicted octanol–water partition coefficient (Wildman–Crippen LogP) is 1.78. The summed E-state index contributed by atoms with van der Waals surface area (Å²) < 4.78 is 0. The van der Waals surface area contributed by atoms with E-state index in [4.69, 9.17) is 0 Å². The largest absolute Gasteiger partial charge is 0.481 e. The van der Waals surface area contributed by atoms with Crippen molar-refractivity contribution in [3.05, 3.63) is 24.0 Å². The van der Waals surface area contributed by atoms with E-state index in [1.807, 2.05) is 0 Å². The Labute approximate surface area is 106 Å². The maximum absolute atomic E-state index is 11.9. The van der Waals surface area contributed by atoms with Crippen LogP contribution in [0.4, 0.5) is 0 Å². The van der Waals surface area contributed by atoms with Gasteiger partial charge in [0.2, 0.25) is 0 Å². The molecule has 5 nitrogen and oxygen atoms in total. The highest BCUT2D eigenvalue weighted by atomic mass is 16.4. The van der Waals surface area contributed by atoms with Gasteiger partial charge in [0, 0.05) is 12.2 Å². The highest BCUT2D eigenvalue weighted by molar-refractivity contribution is 5.92. The average Bonchev–Trinajstić information content (AvgIpc) is 2.77. The molecule has 0 saturated heterocycles. The van der Waals surface area contributed by atoms with Crippen molar-refractivity contribution < 1.29 is 14.7 Å². The minimum atomic E-state index is -0.811. The monoisotopic (exact) mass is 250 g/mol. The number of H-pyrrole nitrogens is 1. The topological polar surface area (TPSA) is 82.2 Å². The van der Waals surface area contributed by atoms with Gasteiger partial charge in [0.25, 0.3) is 5.91 Å². The molecule has 1 aliphatic carbocycles. The third-order valence-electron chi connectivity index (χ3n) is 3.49. The molecule has 98 valence electrons. The van der Waals surface area contributed by atoms with Crippen LogP contribution in [0.2, 0.25) is 0 Å². The fourth-order valence-corrected chi connectivity index (χ4v) is 2.49. The van der Waals surface area contributed by atoms with E-state index in [0.29, 0.717) is 12.1 Å².